The minimum Gasteiger partial charge on any atom is -1.00 e. The van der Waals surface area contributed by atoms with Gasteiger partial charge in [0.2, 0.25) is 0 Å². The van der Waals surface area contributed by atoms with Crippen LogP contribution in [-0.2, 0) is 0 Å². The van der Waals surface area contributed by atoms with E-state index in [4.69, 9.17) is 0 Å². The summed E-state index contributed by atoms with van der Waals surface area (Å²) in [6.07, 6.45) is 3.50. The van der Waals surface area contributed by atoms with Gasteiger partial charge < -0.3 is 24.8 Å². The monoisotopic (exact) mass is 189 g/mol. The summed E-state index contributed by atoms with van der Waals surface area (Å²) in [5.41, 5.74) is 0. The number of pyridine rings is 1. The Balaban J connectivity index is -0.000000120. The Hall–Kier alpha value is 0.990. The predicted octanol–water partition coefficient (Wildman–Crippen LogP) is -5.29. The van der Waals surface area contributed by atoms with Crippen molar-refractivity contribution in [3.8, 4) is 0 Å². The summed E-state index contributed by atoms with van der Waals surface area (Å²) in [5, 5.41) is 0. The summed E-state index contributed by atoms with van der Waals surface area (Å²) < 4.78 is 0. The minimum atomic E-state index is 0. The van der Waals surface area contributed by atoms with Crippen molar-refractivity contribution in [3.05, 3.63) is 30.6 Å². The minimum absolute atomic E-state index is 0. The van der Waals surface area contributed by atoms with Gasteiger partial charge in [0.25, 0.3) is 0 Å². The molecule has 0 atom stereocenters. The first-order valence-electron chi connectivity index (χ1n) is 1.85. The van der Waals surface area contributed by atoms with Crippen molar-refractivity contribution in [1.29, 1.82) is 0 Å². The molecule has 0 radical (unpaired) electrons. The van der Waals surface area contributed by atoms with Crippen molar-refractivity contribution in [2.24, 2.45) is 0 Å². The molecule has 1 aromatic heterocycles. The average Bonchev–Trinajstić information content (AvgIpc) is 1.72. The molecule has 4 heteroatoms. The molecule has 0 bridgehead atoms. The second-order valence-corrected chi connectivity index (χ2v) is 1.02. The second-order valence-electron chi connectivity index (χ2n) is 1.02. The van der Waals surface area contributed by atoms with Crippen LogP contribution < -0.4 is 24.8 Å². The first kappa shape index (κ1) is 16.5. The summed E-state index contributed by atoms with van der Waals surface area (Å²) in [6.45, 7) is 0. The third-order valence-electron chi connectivity index (χ3n) is 0.566. The number of hydrogen-bond donors (Lipinski definition) is 0. The van der Waals surface area contributed by atoms with E-state index in [0.29, 0.717) is 0 Å². The van der Waals surface area contributed by atoms with Crippen molar-refractivity contribution in [3.63, 3.8) is 0 Å². The molecule has 1 heterocycles. The smallest absolute Gasteiger partial charge is 1.00 e. The van der Waals surface area contributed by atoms with E-state index in [1.165, 1.54) is 0 Å². The van der Waals surface area contributed by atoms with E-state index in [-0.39, 0.29) is 62.6 Å². The van der Waals surface area contributed by atoms with Gasteiger partial charge >= 0.3 is 37.7 Å². The Kier molecular flexibility index (Phi) is 21.6. The predicted molar refractivity (Wildman–Crippen MR) is 30.0 cm³/mol. The maximum absolute atomic E-state index is 3.78. The van der Waals surface area contributed by atoms with Crippen molar-refractivity contribution in [2.75, 3.05) is 0 Å². The van der Waals surface area contributed by atoms with Crippen molar-refractivity contribution in [1.82, 2.24) is 4.98 Å². The molecule has 1 rings (SSSR count). The summed E-state index contributed by atoms with van der Waals surface area (Å²) in [5.74, 6) is 0. The van der Waals surface area contributed by atoms with Crippen LogP contribution in [0.15, 0.2) is 30.6 Å². The molecule has 0 unspecified atom stereocenters. The number of rotatable bonds is 0. The Labute approximate surface area is 97.1 Å². The molecular formula is C5H5CaCl2N. The number of hydrogen-bond acceptors (Lipinski definition) is 1. The van der Waals surface area contributed by atoms with Crippen LogP contribution in [0, 0.1) is 0 Å². The zero-order valence-corrected chi connectivity index (χ0v) is 8.52. The van der Waals surface area contributed by atoms with Gasteiger partial charge in [0.05, 0.1) is 0 Å². The molecule has 0 aliphatic rings. The molecule has 0 N–H and O–H groups in total. The Morgan fingerprint density at radius 1 is 0.778 bits per heavy atom. The maximum Gasteiger partial charge on any atom is 2.00 e. The topological polar surface area (TPSA) is 12.9 Å². The fourth-order valence-corrected chi connectivity index (χ4v) is 0.313. The molecule has 46 valence electrons. The molecule has 0 fully saturated rings. The van der Waals surface area contributed by atoms with Gasteiger partial charge in [0, 0.05) is 12.4 Å². The largest absolute Gasteiger partial charge is 2.00 e. The maximum atomic E-state index is 3.78. The van der Waals surface area contributed by atoms with E-state index >= 15 is 0 Å². The Bertz CT molecular complexity index is 86.9. The van der Waals surface area contributed by atoms with Gasteiger partial charge in [0.1, 0.15) is 0 Å². The quantitative estimate of drug-likeness (QED) is 0.372. The summed E-state index contributed by atoms with van der Waals surface area (Å²) >= 11 is 0. The van der Waals surface area contributed by atoms with Crippen LogP contribution >= 0.6 is 0 Å². The van der Waals surface area contributed by atoms with E-state index in [1.54, 1.807) is 12.4 Å². The number of nitrogens with zero attached hydrogens (tertiary/aromatic N) is 1. The molecule has 1 aromatic rings. The van der Waals surface area contributed by atoms with E-state index in [9.17, 15) is 0 Å². The van der Waals surface area contributed by atoms with Crippen LogP contribution in [-0.4, -0.2) is 42.7 Å². The molecule has 0 aliphatic carbocycles. The van der Waals surface area contributed by atoms with E-state index in [0.717, 1.165) is 0 Å². The van der Waals surface area contributed by atoms with Crippen molar-refractivity contribution >= 4 is 37.7 Å². The van der Waals surface area contributed by atoms with E-state index in [1.807, 2.05) is 18.2 Å². The van der Waals surface area contributed by atoms with E-state index in [2.05, 4.69) is 4.98 Å². The third-order valence-corrected chi connectivity index (χ3v) is 0.566. The first-order valence-corrected chi connectivity index (χ1v) is 1.85. The van der Waals surface area contributed by atoms with Crippen LogP contribution in [0.1, 0.15) is 0 Å². The van der Waals surface area contributed by atoms with Gasteiger partial charge in [-0.1, -0.05) is 6.07 Å². The van der Waals surface area contributed by atoms with E-state index < -0.39 is 0 Å². The molecule has 0 aromatic carbocycles. The van der Waals surface area contributed by atoms with Crippen LogP contribution in [0.25, 0.3) is 0 Å². The number of halogens is 2. The molecule has 0 saturated carbocycles. The summed E-state index contributed by atoms with van der Waals surface area (Å²) in [7, 11) is 0. The van der Waals surface area contributed by atoms with Gasteiger partial charge in [-0.15, -0.1) is 0 Å². The fourth-order valence-electron chi connectivity index (χ4n) is 0.313. The molecule has 0 amide bonds. The van der Waals surface area contributed by atoms with Gasteiger partial charge in [0.15, 0.2) is 0 Å². The molecule has 0 saturated heterocycles. The van der Waals surface area contributed by atoms with Gasteiger partial charge in [-0.3, -0.25) is 4.98 Å². The second kappa shape index (κ2) is 11.7. The third kappa shape index (κ3) is 8.99. The normalized spacial score (nSPS) is 5.33. The van der Waals surface area contributed by atoms with Crippen LogP contribution in [0.5, 0.6) is 0 Å². The zero-order chi connectivity index (χ0) is 4.24. The van der Waals surface area contributed by atoms with Crippen LogP contribution in [0.3, 0.4) is 0 Å². The SMILES string of the molecule is [Ca+2].[Cl-].[Cl-].c1ccncc1. The molecule has 0 spiro atoms. The Morgan fingerprint density at radius 2 is 1.22 bits per heavy atom. The fraction of sp³-hybridized carbons (Fsp3) is 0. The summed E-state index contributed by atoms with van der Waals surface area (Å²) in [6, 6.07) is 5.72. The van der Waals surface area contributed by atoms with Crippen LogP contribution in [0.4, 0.5) is 0 Å². The molecule has 0 aliphatic heterocycles. The average molecular weight is 190 g/mol. The van der Waals surface area contributed by atoms with Crippen molar-refractivity contribution in [2.45, 2.75) is 0 Å². The van der Waals surface area contributed by atoms with Crippen LogP contribution in [0.2, 0.25) is 0 Å². The van der Waals surface area contributed by atoms with Crippen molar-refractivity contribution < 1.29 is 24.8 Å². The molecule has 9 heavy (non-hydrogen) atoms. The standard InChI is InChI=1S/C5H5N.Ca.2ClH/c1-2-4-6-5-3-1;;;/h1-5H;;2*1H/q;+2;;/p-2. The molecule has 1 nitrogen and oxygen atoms in total. The van der Waals surface area contributed by atoms with Gasteiger partial charge in [-0.05, 0) is 12.1 Å². The zero-order valence-electron chi connectivity index (χ0n) is 4.80. The number of aromatic nitrogens is 1. The van der Waals surface area contributed by atoms with Gasteiger partial charge in [-0.25, -0.2) is 0 Å². The van der Waals surface area contributed by atoms with Gasteiger partial charge in [-0.2, -0.15) is 0 Å². The summed E-state index contributed by atoms with van der Waals surface area (Å²) in [4.78, 5) is 3.78. The Morgan fingerprint density at radius 3 is 1.33 bits per heavy atom. The first-order chi connectivity index (χ1) is 3.00. The molecular weight excluding hydrogens is 185 g/mol.